The van der Waals surface area contributed by atoms with E-state index >= 15 is 0 Å². The lowest BCUT2D eigenvalue weighted by atomic mass is 9.95. The molecule has 0 saturated carbocycles. The molecular formula is C23H24ClN5O. The van der Waals surface area contributed by atoms with Gasteiger partial charge in [0.05, 0.1) is 0 Å². The molecule has 154 valence electrons. The molecule has 1 saturated heterocycles. The van der Waals surface area contributed by atoms with Crippen LogP contribution in [-0.4, -0.2) is 27.7 Å². The quantitative estimate of drug-likeness (QED) is 0.501. The highest BCUT2D eigenvalue weighted by Crippen LogP contribution is 2.35. The van der Waals surface area contributed by atoms with Crippen LogP contribution in [0.25, 0.3) is 16.6 Å². The molecule has 1 unspecified atom stereocenters. The van der Waals surface area contributed by atoms with Gasteiger partial charge in [0.1, 0.15) is 23.3 Å². The highest BCUT2D eigenvalue weighted by atomic mass is 35.5. The van der Waals surface area contributed by atoms with E-state index < -0.39 is 0 Å². The lowest BCUT2D eigenvalue weighted by molar-refractivity contribution is 0.449. The van der Waals surface area contributed by atoms with Crippen molar-refractivity contribution in [1.82, 2.24) is 19.9 Å². The van der Waals surface area contributed by atoms with Crippen LogP contribution >= 0.6 is 12.4 Å². The average Bonchev–Trinajstić information content (AvgIpc) is 3.17. The van der Waals surface area contributed by atoms with Crippen LogP contribution < -0.4 is 15.8 Å². The summed E-state index contributed by atoms with van der Waals surface area (Å²) in [5, 5.41) is 8.00. The van der Waals surface area contributed by atoms with E-state index in [4.69, 9.17) is 10.5 Å². The number of nitrogens with two attached hydrogens (primary N) is 1. The van der Waals surface area contributed by atoms with Crippen molar-refractivity contribution < 1.29 is 4.74 Å². The van der Waals surface area contributed by atoms with Gasteiger partial charge >= 0.3 is 0 Å². The van der Waals surface area contributed by atoms with Crippen molar-refractivity contribution in [3.8, 4) is 22.6 Å². The number of nitrogen functional groups attached to an aromatic ring is 1. The van der Waals surface area contributed by atoms with Crippen LogP contribution in [0.1, 0.15) is 24.5 Å². The Hall–Kier alpha value is -3.09. The smallest absolute Gasteiger partial charge is 0.151 e. The van der Waals surface area contributed by atoms with E-state index in [0.29, 0.717) is 11.7 Å². The van der Waals surface area contributed by atoms with Crippen molar-refractivity contribution in [2.45, 2.75) is 18.8 Å². The molecule has 1 fully saturated rings. The Bertz CT molecular complexity index is 1120. The second-order valence-corrected chi connectivity index (χ2v) is 7.37. The molecule has 6 nitrogen and oxygen atoms in total. The van der Waals surface area contributed by atoms with Gasteiger partial charge in [-0.2, -0.15) is 5.10 Å². The number of nitrogens with one attached hydrogen (secondary N) is 1. The molecule has 3 N–H and O–H groups in total. The van der Waals surface area contributed by atoms with E-state index in [0.717, 1.165) is 47.7 Å². The monoisotopic (exact) mass is 421 g/mol. The molecule has 0 aliphatic carbocycles. The van der Waals surface area contributed by atoms with E-state index in [1.165, 1.54) is 18.4 Å². The fourth-order valence-electron chi connectivity index (χ4n) is 4.03. The maximum absolute atomic E-state index is 6.26. The molecule has 0 bridgehead atoms. The second-order valence-electron chi connectivity index (χ2n) is 7.37. The topological polar surface area (TPSA) is 77.5 Å². The average molecular weight is 422 g/mol. The Morgan fingerprint density at radius 3 is 2.53 bits per heavy atom. The summed E-state index contributed by atoms with van der Waals surface area (Å²) >= 11 is 0. The maximum atomic E-state index is 6.26. The van der Waals surface area contributed by atoms with Gasteiger partial charge in [-0.1, -0.05) is 30.3 Å². The highest BCUT2D eigenvalue weighted by molar-refractivity contribution is 5.88. The number of aromatic nitrogens is 3. The molecule has 0 spiro atoms. The zero-order valence-electron chi connectivity index (χ0n) is 16.5. The summed E-state index contributed by atoms with van der Waals surface area (Å²) in [7, 11) is 0. The van der Waals surface area contributed by atoms with Gasteiger partial charge in [0.15, 0.2) is 5.82 Å². The molecule has 1 atom stereocenters. The third-order valence-electron chi connectivity index (χ3n) is 5.47. The first-order chi connectivity index (χ1) is 14.3. The number of para-hydroxylation sites is 1. The molecule has 3 heterocycles. The Kier molecular flexibility index (Phi) is 5.88. The number of piperidine rings is 1. The van der Waals surface area contributed by atoms with Crippen LogP contribution in [0.2, 0.25) is 0 Å². The molecule has 2 aromatic carbocycles. The van der Waals surface area contributed by atoms with Gasteiger partial charge in [0.25, 0.3) is 0 Å². The number of halogens is 1. The number of hydrogen-bond acceptors (Lipinski definition) is 5. The highest BCUT2D eigenvalue weighted by Gasteiger charge is 2.23. The number of fused-ring (bicyclic) bond motifs is 1. The third-order valence-corrected chi connectivity index (χ3v) is 5.47. The predicted octanol–water partition coefficient (Wildman–Crippen LogP) is 4.66. The minimum absolute atomic E-state index is 0. The Labute approximate surface area is 181 Å². The van der Waals surface area contributed by atoms with Crippen molar-refractivity contribution in [1.29, 1.82) is 0 Å². The van der Waals surface area contributed by atoms with Crippen LogP contribution in [0.15, 0.2) is 67.0 Å². The van der Waals surface area contributed by atoms with Crippen LogP contribution in [0.5, 0.6) is 11.5 Å². The standard InChI is InChI=1S/C23H23N5O.ClH/c24-23-22-20(13-21(28(22)27-15-26-23)17-5-4-12-25-14-17)16-8-10-19(11-9-16)29-18-6-2-1-3-7-18;/h1-3,6-11,13,15,17,25H,4-5,12,14H2,(H2,24,26,27);1H. The van der Waals surface area contributed by atoms with E-state index in [9.17, 15) is 0 Å². The summed E-state index contributed by atoms with van der Waals surface area (Å²) in [6, 6.07) is 20.1. The lowest BCUT2D eigenvalue weighted by Crippen LogP contribution is -2.29. The SMILES string of the molecule is Cl.Nc1ncnn2c(C3CCCNC3)cc(-c3ccc(Oc4ccccc4)cc3)c12. The fraction of sp³-hybridized carbons (Fsp3) is 0.217. The number of hydrogen-bond donors (Lipinski definition) is 2. The first-order valence-electron chi connectivity index (χ1n) is 9.96. The van der Waals surface area contributed by atoms with Gasteiger partial charge in [0, 0.05) is 23.7 Å². The zero-order chi connectivity index (χ0) is 19.6. The number of nitrogens with zero attached hydrogens (tertiary/aromatic N) is 3. The third kappa shape index (κ3) is 3.84. The summed E-state index contributed by atoms with van der Waals surface area (Å²) in [5.41, 5.74) is 10.4. The molecule has 0 radical (unpaired) electrons. The van der Waals surface area contributed by atoms with E-state index in [1.807, 2.05) is 47.0 Å². The van der Waals surface area contributed by atoms with Gasteiger partial charge in [-0.25, -0.2) is 9.50 Å². The number of anilines is 1. The molecule has 1 aliphatic rings. The maximum Gasteiger partial charge on any atom is 0.151 e. The minimum Gasteiger partial charge on any atom is -0.457 e. The predicted molar refractivity (Wildman–Crippen MR) is 121 cm³/mol. The van der Waals surface area contributed by atoms with Crippen molar-refractivity contribution in [3.05, 3.63) is 72.7 Å². The fourth-order valence-corrected chi connectivity index (χ4v) is 4.03. The molecule has 7 heteroatoms. The van der Waals surface area contributed by atoms with E-state index in [1.54, 1.807) is 0 Å². The molecule has 0 amide bonds. The normalized spacial score (nSPS) is 16.2. The zero-order valence-corrected chi connectivity index (χ0v) is 17.3. The number of benzene rings is 2. The van der Waals surface area contributed by atoms with Crippen molar-refractivity contribution in [2.24, 2.45) is 0 Å². The second kappa shape index (κ2) is 8.73. The van der Waals surface area contributed by atoms with Crippen LogP contribution in [0.4, 0.5) is 5.82 Å². The van der Waals surface area contributed by atoms with Gasteiger partial charge < -0.3 is 15.8 Å². The summed E-state index contributed by atoms with van der Waals surface area (Å²) < 4.78 is 7.88. The lowest BCUT2D eigenvalue weighted by Gasteiger charge is -2.22. The molecule has 1 aliphatic heterocycles. The summed E-state index contributed by atoms with van der Waals surface area (Å²) in [4.78, 5) is 4.23. The van der Waals surface area contributed by atoms with Gasteiger partial charge in [-0.3, -0.25) is 0 Å². The number of rotatable bonds is 4. The van der Waals surface area contributed by atoms with E-state index in [2.05, 4.69) is 33.6 Å². The van der Waals surface area contributed by atoms with Gasteiger partial charge in [-0.05, 0) is 55.3 Å². The Morgan fingerprint density at radius 2 is 1.80 bits per heavy atom. The van der Waals surface area contributed by atoms with E-state index in [-0.39, 0.29) is 12.4 Å². The molecule has 2 aromatic heterocycles. The van der Waals surface area contributed by atoms with Crippen LogP contribution in [-0.2, 0) is 0 Å². The molecule has 5 rings (SSSR count). The van der Waals surface area contributed by atoms with Crippen LogP contribution in [0.3, 0.4) is 0 Å². The Morgan fingerprint density at radius 1 is 1.03 bits per heavy atom. The first kappa shape index (κ1) is 20.2. The van der Waals surface area contributed by atoms with Crippen LogP contribution in [0, 0.1) is 0 Å². The summed E-state index contributed by atoms with van der Waals surface area (Å²) in [6.07, 6.45) is 3.84. The molecule has 30 heavy (non-hydrogen) atoms. The van der Waals surface area contributed by atoms with Gasteiger partial charge in [-0.15, -0.1) is 12.4 Å². The van der Waals surface area contributed by atoms with Gasteiger partial charge in [0.2, 0.25) is 0 Å². The molecular weight excluding hydrogens is 398 g/mol. The number of ether oxygens (including phenoxy) is 1. The minimum atomic E-state index is 0. The van der Waals surface area contributed by atoms with Crippen molar-refractivity contribution in [2.75, 3.05) is 18.8 Å². The van der Waals surface area contributed by atoms with Crippen molar-refractivity contribution in [3.63, 3.8) is 0 Å². The Balaban J connectivity index is 0.00000218. The molecule has 4 aromatic rings. The van der Waals surface area contributed by atoms with Crippen molar-refractivity contribution >= 4 is 23.7 Å². The summed E-state index contributed by atoms with van der Waals surface area (Å²) in [6.45, 7) is 2.03. The largest absolute Gasteiger partial charge is 0.457 e. The first-order valence-corrected chi connectivity index (χ1v) is 9.96. The summed E-state index contributed by atoms with van der Waals surface area (Å²) in [5.74, 6) is 2.53.